The number of anilines is 1. The third-order valence-electron chi connectivity index (χ3n) is 6.59. The van der Waals surface area contributed by atoms with Crippen LogP contribution < -0.4 is 9.62 Å². The fourth-order valence-corrected chi connectivity index (χ4v) is 5.89. The second-order valence-electron chi connectivity index (χ2n) is 9.09. The predicted octanol–water partition coefficient (Wildman–Crippen LogP) is 4.68. The lowest BCUT2D eigenvalue weighted by Gasteiger charge is -2.24. The predicted molar refractivity (Wildman–Crippen MR) is 139 cm³/mol. The summed E-state index contributed by atoms with van der Waals surface area (Å²) in [6.07, 6.45) is 5.52. The molecule has 4 aromatic rings. The highest BCUT2D eigenvalue weighted by Crippen LogP contribution is 2.35. The summed E-state index contributed by atoms with van der Waals surface area (Å²) in [5, 5.41) is 0. The minimum Gasteiger partial charge on any atom is -0.347 e. The van der Waals surface area contributed by atoms with E-state index in [9.17, 15) is 17.6 Å². The summed E-state index contributed by atoms with van der Waals surface area (Å²) in [6, 6.07) is 19.9. The third-order valence-corrected chi connectivity index (χ3v) is 8.08. The molecule has 0 aliphatic heterocycles. The number of imidazole rings is 1. The first-order valence-electron chi connectivity index (χ1n) is 12.1. The number of hydrogen-bond donors (Lipinski definition) is 2. The number of rotatable bonds is 9. The van der Waals surface area contributed by atoms with Crippen LogP contribution in [0.5, 0.6) is 0 Å². The first kappa shape index (κ1) is 24.9. The van der Waals surface area contributed by atoms with Crippen LogP contribution in [0.2, 0.25) is 0 Å². The summed E-state index contributed by atoms with van der Waals surface area (Å²) >= 11 is 0. The van der Waals surface area contributed by atoms with Crippen molar-refractivity contribution < 1.29 is 17.6 Å². The molecule has 1 unspecified atom stereocenters. The van der Waals surface area contributed by atoms with Crippen LogP contribution in [0.1, 0.15) is 41.3 Å². The maximum absolute atomic E-state index is 13.4. The summed E-state index contributed by atoms with van der Waals surface area (Å²) in [5.74, 6) is -0.538. The largest absolute Gasteiger partial charge is 0.347 e. The summed E-state index contributed by atoms with van der Waals surface area (Å²) in [5.41, 5.74) is 4.45. The first-order chi connectivity index (χ1) is 17.9. The standard InChI is InChI=1S/C28H27FN4O3S/c29-22-9-12-25(13-10-22)37(35,36)32-27-14-8-21-7-11-24(16-26(21)27)33(18-23-17-30-19-31-23)28(34)15-6-20-4-2-1-3-5-20/h1-5,7,9-13,16-17,19,27,32H,6,8,14-15,18H2,(H,30,31). The number of H-pyrrole nitrogens is 1. The molecule has 190 valence electrons. The minimum absolute atomic E-state index is 0.00969. The number of aryl methyl sites for hydroxylation is 2. The lowest BCUT2D eigenvalue weighted by molar-refractivity contribution is -0.118. The van der Waals surface area contributed by atoms with Crippen molar-refractivity contribution in [1.29, 1.82) is 0 Å². The van der Waals surface area contributed by atoms with Gasteiger partial charge >= 0.3 is 0 Å². The molecule has 1 heterocycles. The molecule has 1 atom stereocenters. The van der Waals surface area contributed by atoms with Gasteiger partial charge in [-0.2, -0.15) is 0 Å². The Bertz CT molecular complexity index is 1470. The fourth-order valence-electron chi connectivity index (χ4n) is 4.64. The van der Waals surface area contributed by atoms with Crippen molar-refractivity contribution in [2.75, 3.05) is 4.90 Å². The molecule has 0 fully saturated rings. The number of fused-ring (bicyclic) bond motifs is 1. The molecule has 3 aromatic carbocycles. The lowest BCUT2D eigenvalue weighted by atomic mass is 10.1. The Morgan fingerprint density at radius 1 is 1.08 bits per heavy atom. The van der Waals surface area contributed by atoms with Gasteiger partial charge in [-0.05, 0) is 72.4 Å². The first-order valence-corrected chi connectivity index (χ1v) is 13.6. The zero-order valence-corrected chi connectivity index (χ0v) is 20.9. The molecule has 1 amide bonds. The molecule has 0 bridgehead atoms. The molecule has 7 nitrogen and oxygen atoms in total. The second kappa shape index (κ2) is 10.7. The molecule has 0 spiro atoms. The van der Waals surface area contributed by atoms with Crippen molar-refractivity contribution in [1.82, 2.24) is 14.7 Å². The van der Waals surface area contributed by atoms with Crippen LogP contribution in [-0.4, -0.2) is 24.3 Å². The molecule has 0 saturated heterocycles. The number of halogens is 1. The Morgan fingerprint density at radius 3 is 2.59 bits per heavy atom. The number of aromatic nitrogens is 2. The number of carbonyl (C=O) groups excluding carboxylic acids is 1. The van der Waals surface area contributed by atoms with Crippen LogP contribution in [0.3, 0.4) is 0 Å². The van der Waals surface area contributed by atoms with Crippen LogP contribution in [0, 0.1) is 5.82 Å². The molecule has 1 aromatic heterocycles. The number of benzene rings is 3. The van der Waals surface area contributed by atoms with E-state index < -0.39 is 21.9 Å². The summed E-state index contributed by atoms with van der Waals surface area (Å²) < 4.78 is 42.0. The molecule has 9 heteroatoms. The van der Waals surface area contributed by atoms with E-state index in [1.165, 1.54) is 12.1 Å². The second-order valence-corrected chi connectivity index (χ2v) is 10.8. The monoisotopic (exact) mass is 518 g/mol. The van der Waals surface area contributed by atoms with Crippen LogP contribution in [-0.2, 0) is 34.2 Å². The smallest absolute Gasteiger partial charge is 0.241 e. The Balaban J connectivity index is 1.39. The van der Waals surface area contributed by atoms with Crippen molar-refractivity contribution in [2.45, 2.75) is 43.2 Å². The van der Waals surface area contributed by atoms with Gasteiger partial charge in [0, 0.05) is 24.3 Å². The van der Waals surface area contributed by atoms with Gasteiger partial charge in [-0.15, -0.1) is 0 Å². The molecule has 1 aliphatic carbocycles. The Labute approximate surface area is 215 Å². The van der Waals surface area contributed by atoms with Gasteiger partial charge < -0.3 is 9.88 Å². The molecule has 2 N–H and O–H groups in total. The van der Waals surface area contributed by atoms with Crippen LogP contribution in [0.15, 0.2) is 90.2 Å². The van der Waals surface area contributed by atoms with E-state index in [1.54, 1.807) is 17.4 Å². The highest BCUT2D eigenvalue weighted by atomic mass is 32.2. The Hall–Kier alpha value is -3.82. The van der Waals surface area contributed by atoms with E-state index in [-0.39, 0.29) is 10.8 Å². The Kier molecular flexibility index (Phi) is 7.16. The zero-order valence-electron chi connectivity index (χ0n) is 20.1. The van der Waals surface area contributed by atoms with Crippen LogP contribution >= 0.6 is 0 Å². The number of hydrogen-bond acceptors (Lipinski definition) is 4. The average Bonchev–Trinajstić information content (AvgIpc) is 3.56. The number of nitrogens with zero attached hydrogens (tertiary/aromatic N) is 2. The van der Waals surface area contributed by atoms with Crippen molar-refractivity contribution >= 4 is 21.6 Å². The number of carbonyl (C=O) groups is 1. The summed E-state index contributed by atoms with van der Waals surface area (Å²) in [4.78, 5) is 22.3. The summed E-state index contributed by atoms with van der Waals surface area (Å²) in [6.45, 7) is 0.318. The fraction of sp³-hybridized carbons (Fsp3) is 0.214. The zero-order chi connectivity index (χ0) is 25.8. The van der Waals surface area contributed by atoms with Gasteiger partial charge in [0.25, 0.3) is 0 Å². The SMILES string of the molecule is O=C(CCc1ccccc1)N(Cc1cnc[nH]1)c1ccc2c(c1)C(NS(=O)(=O)c1ccc(F)cc1)CC2. The van der Waals surface area contributed by atoms with Gasteiger partial charge in [0.2, 0.25) is 15.9 Å². The van der Waals surface area contributed by atoms with Crippen LogP contribution in [0.25, 0.3) is 0 Å². The topological polar surface area (TPSA) is 95.2 Å². The molecule has 1 aliphatic rings. The van der Waals surface area contributed by atoms with E-state index in [4.69, 9.17) is 0 Å². The van der Waals surface area contributed by atoms with Gasteiger partial charge in [0.15, 0.2) is 0 Å². The van der Waals surface area contributed by atoms with Gasteiger partial charge in [-0.25, -0.2) is 22.5 Å². The number of nitrogens with one attached hydrogen (secondary N) is 2. The molecule has 5 rings (SSSR count). The van der Waals surface area contributed by atoms with Crippen molar-refractivity contribution in [3.05, 3.63) is 114 Å². The normalized spacial score (nSPS) is 14.9. The molecular formula is C28H27FN4O3S. The maximum atomic E-state index is 13.4. The molecule has 0 radical (unpaired) electrons. The highest BCUT2D eigenvalue weighted by Gasteiger charge is 2.29. The Morgan fingerprint density at radius 2 is 1.86 bits per heavy atom. The van der Waals surface area contributed by atoms with Crippen LogP contribution in [0.4, 0.5) is 10.1 Å². The maximum Gasteiger partial charge on any atom is 0.241 e. The van der Waals surface area contributed by atoms with Gasteiger partial charge in [-0.1, -0.05) is 36.4 Å². The number of aromatic amines is 1. The minimum atomic E-state index is -3.84. The van der Waals surface area contributed by atoms with E-state index >= 15 is 0 Å². The number of sulfonamides is 1. The van der Waals surface area contributed by atoms with E-state index in [2.05, 4.69) is 14.7 Å². The van der Waals surface area contributed by atoms with Gasteiger partial charge in [-0.3, -0.25) is 4.79 Å². The molecular weight excluding hydrogens is 491 g/mol. The van der Waals surface area contributed by atoms with Crippen molar-refractivity contribution in [3.8, 4) is 0 Å². The van der Waals surface area contributed by atoms with E-state index in [1.807, 2.05) is 48.5 Å². The van der Waals surface area contributed by atoms with Gasteiger partial charge in [0.1, 0.15) is 5.82 Å². The van der Waals surface area contributed by atoms with E-state index in [0.717, 1.165) is 34.5 Å². The van der Waals surface area contributed by atoms with E-state index in [0.29, 0.717) is 37.9 Å². The quantitative estimate of drug-likeness (QED) is 0.336. The van der Waals surface area contributed by atoms with Gasteiger partial charge in [0.05, 0.1) is 23.5 Å². The lowest BCUT2D eigenvalue weighted by Crippen LogP contribution is -2.31. The molecule has 0 saturated carbocycles. The van der Waals surface area contributed by atoms with Crippen molar-refractivity contribution in [2.24, 2.45) is 0 Å². The molecule has 37 heavy (non-hydrogen) atoms. The number of amides is 1. The third kappa shape index (κ3) is 5.79. The summed E-state index contributed by atoms with van der Waals surface area (Å²) in [7, 11) is -3.84. The van der Waals surface area contributed by atoms with Crippen molar-refractivity contribution in [3.63, 3.8) is 0 Å². The highest BCUT2D eigenvalue weighted by molar-refractivity contribution is 7.89. The average molecular weight is 519 g/mol.